The molecular formula is C20H28N3O4S+. The van der Waals surface area contributed by atoms with Crippen LogP contribution in [0.25, 0.3) is 0 Å². The molecule has 0 fully saturated rings. The van der Waals surface area contributed by atoms with Crippen molar-refractivity contribution < 1.29 is 22.8 Å². The van der Waals surface area contributed by atoms with Crippen LogP contribution in [0.5, 0.6) is 5.75 Å². The van der Waals surface area contributed by atoms with Gasteiger partial charge in [-0.25, -0.2) is 12.7 Å². The number of hydrogen-bond donors (Lipinski definition) is 2. The molecule has 0 bridgehead atoms. The van der Waals surface area contributed by atoms with Crippen LogP contribution >= 0.6 is 0 Å². The smallest absolute Gasteiger partial charge is 0.251 e. The third-order valence-electron chi connectivity index (χ3n) is 4.55. The van der Waals surface area contributed by atoms with E-state index >= 15 is 0 Å². The summed E-state index contributed by atoms with van der Waals surface area (Å²) in [4.78, 5) is 13.9. The van der Waals surface area contributed by atoms with Gasteiger partial charge in [-0.15, -0.1) is 0 Å². The number of sulfonamides is 1. The first kappa shape index (κ1) is 21.9. The van der Waals surface area contributed by atoms with Crippen LogP contribution in [-0.2, 0) is 10.0 Å². The Hall–Kier alpha value is -2.42. The quantitative estimate of drug-likeness (QED) is 0.671. The van der Waals surface area contributed by atoms with Crippen LogP contribution in [0.4, 0.5) is 0 Å². The summed E-state index contributed by atoms with van der Waals surface area (Å²) in [6, 6.07) is 13.7. The van der Waals surface area contributed by atoms with Crippen LogP contribution in [0.1, 0.15) is 22.0 Å². The number of benzene rings is 2. The lowest BCUT2D eigenvalue weighted by molar-refractivity contribution is -0.890. The number of quaternary nitrogens is 1. The maximum absolute atomic E-state index is 12.6. The molecular weight excluding hydrogens is 378 g/mol. The zero-order valence-electron chi connectivity index (χ0n) is 16.9. The topological polar surface area (TPSA) is 80.1 Å². The first-order chi connectivity index (χ1) is 13.2. The van der Waals surface area contributed by atoms with Crippen molar-refractivity contribution in [2.75, 3.05) is 41.8 Å². The van der Waals surface area contributed by atoms with Gasteiger partial charge in [-0.05, 0) is 30.3 Å². The van der Waals surface area contributed by atoms with E-state index in [0.29, 0.717) is 12.1 Å². The minimum Gasteiger partial charge on any atom is -0.496 e. The van der Waals surface area contributed by atoms with Crippen LogP contribution in [-0.4, -0.2) is 60.5 Å². The van der Waals surface area contributed by atoms with Gasteiger partial charge >= 0.3 is 0 Å². The highest BCUT2D eigenvalue weighted by Gasteiger charge is 2.23. The molecule has 2 aromatic rings. The van der Waals surface area contributed by atoms with Gasteiger partial charge in [0.05, 0.1) is 38.2 Å². The van der Waals surface area contributed by atoms with Crippen LogP contribution in [0.15, 0.2) is 53.4 Å². The number of carbonyl (C=O) groups excluding carboxylic acids is 1. The van der Waals surface area contributed by atoms with E-state index in [1.165, 1.54) is 26.2 Å². The Bertz CT molecular complexity index is 927. The first-order valence-electron chi connectivity index (χ1n) is 8.92. The van der Waals surface area contributed by atoms with Gasteiger partial charge in [0.2, 0.25) is 10.0 Å². The monoisotopic (exact) mass is 406 g/mol. The molecule has 0 aromatic heterocycles. The van der Waals surface area contributed by atoms with E-state index in [1.54, 1.807) is 19.2 Å². The third kappa shape index (κ3) is 4.89. The molecule has 28 heavy (non-hydrogen) atoms. The van der Waals surface area contributed by atoms with Crippen molar-refractivity contribution in [1.29, 1.82) is 0 Å². The van der Waals surface area contributed by atoms with E-state index in [4.69, 9.17) is 4.74 Å². The normalized spacial score (nSPS) is 12.8. The third-order valence-corrected chi connectivity index (χ3v) is 6.36. The highest BCUT2D eigenvalue weighted by Crippen LogP contribution is 2.22. The molecule has 2 rings (SSSR count). The molecule has 2 N–H and O–H groups in total. The van der Waals surface area contributed by atoms with Crippen LogP contribution < -0.4 is 15.0 Å². The number of amides is 1. The highest BCUT2D eigenvalue weighted by atomic mass is 32.2. The number of likely N-dealkylation sites (N-methyl/N-ethyl adjacent to an activating group) is 1. The SMILES string of the molecule is COc1ccccc1[C@H](CNC(=O)c1cccc(S(=O)(=O)N(C)C)c1)[NH+](C)C. The average molecular weight is 407 g/mol. The zero-order chi connectivity index (χ0) is 20.9. The molecule has 152 valence electrons. The van der Waals surface area contributed by atoms with E-state index in [-0.39, 0.29) is 16.8 Å². The molecule has 1 atom stereocenters. The van der Waals surface area contributed by atoms with Crippen LogP contribution in [0.3, 0.4) is 0 Å². The molecule has 0 aliphatic rings. The summed E-state index contributed by atoms with van der Waals surface area (Å²) >= 11 is 0. The van der Waals surface area contributed by atoms with Crippen LogP contribution in [0.2, 0.25) is 0 Å². The van der Waals surface area contributed by atoms with Gasteiger partial charge in [-0.2, -0.15) is 0 Å². The number of nitrogens with one attached hydrogen (secondary N) is 2. The van der Waals surface area contributed by atoms with E-state index in [9.17, 15) is 13.2 Å². The lowest BCUT2D eigenvalue weighted by Crippen LogP contribution is -3.07. The second-order valence-corrected chi connectivity index (χ2v) is 9.05. The van der Waals surface area contributed by atoms with Crippen molar-refractivity contribution in [3.05, 3.63) is 59.7 Å². The fraction of sp³-hybridized carbons (Fsp3) is 0.350. The van der Waals surface area contributed by atoms with Crippen molar-refractivity contribution in [2.45, 2.75) is 10.9 Å². The summed E-state index contributed by atoms with van der Waals surface area (Å²) < 4.78 is 31.2. The minimum atomic E-state index is -3.60. The number of methoxy groups -OCH3 is 1. The van der Waals surface area contributed by atoms with Gasteiger partial charge in [-0.3, -0.25) is 4.79 Å². The number of hydrogen-bond acceptors (Lipinski definition) is 4. The van der Waals surface area contributed by atoms with Crippen molar-refractivity contribution >= 4 is 15.9 Å². The summed E-state index contributed by atoms with van der Waals surface area (Å²) in [5.74, 6) is 0.443. The fourth-order valence-electron chi connectivity index (χ4n) is 2.88. The Labute approximate surface area is 167 Å². The van der Waals surface area contributed by atoms with Gasteiger partial charge < -0.3 is 15.0 Å². The average Bonchev–Trinajstić information content (AvgIpc) is 2.68. The van der Waals surface area contributed by atoms with Gasteiger partial charge in [0, 0.05) is 19.7 Å². The Morgan fingerprint density at radius 2 is 1.82 bits per heavy atom. The molecule has 0 heterocycles. The number of carbonyl (C=O) groups is 1. The Morgan fingerprint density at radius 1 is 1.14 bits per heavy atom. The Kier molecular flexibility index (Phi) is 7.17. The Balaban J connectivity index is 2.20. The lowest BCUT2D eigenvalue weighted by Gasteiger charge is -2.24. The number of nitrogens with zero attached hydrogens (tertiary/aromatic N) is 1. The van der Waals surface area contributed by atoms with Crippen molar-refractivity contribution in [2.24, 2.45) is 0 Å². The van der Waals surface area contributed by atoms with E-state index in [1.807, 2.05) is 38.4 Å². The molecule has 7 nitrogen and oxygen atoms in total. The lowest BCUT2D eigenvalue weighted by atomic mass is 10.0. The van der Waals surface area contributed by atoms with Gasteiger partial charge in [0.1, 0.15) is 11.8 Å². The predicted octanol–water partition coefficient (Wildman–Crippen LogP) is 0.561. The number of para-hydroxylation sites is 1. The standard InChI is InChI=1S/C20H27N3O4S/c1-22(2)18(17-11-6-7-12-19(17)27-5)14-21-20(24)15-9-8-10-16(13-15)28(25,26)23(3)4/h6-13,18H,14H2,1-5H3,(H,21,24)/p+1/t18-/m0/s1. The first-order valence-corrected chi connectivity index (χ1v) is 10.4. The summed E-state index contributed by atoms with van der Waals surface area (Å²) in [5.41, 5.74) is 1.30. The number of ether oxygens (including phenoxy) is 1. The van der Waals surface area contributed by atoms with E-state index < -0.39 is 10.0 Å². The second-order valence-electron chi connectivity index (χ2n) is 6.90. The fourth-order valence-corrected chi connectivity index (χ4v) is 3.83. The summed E-state index contributed by atoms with van der Waals surface area (Å²) in [6.07, 6.45) is 0. The largest absolute Gasteiger partial charge is 0.496 e. The van der Waals surface area contributed by atoms with Gasteiger partial charge in [-0.1, -0.05) is 18.2 Å². The Morgan fingerprint density at radius 3 is 2.43 bits per heavy atom. The molecule has 0 aliphatic heterocycles. The molecule has 0 saturated heterocycles. The molecule has 1 amide bonds. The van der Waals surface area contributed by atoms with Crippen molar-refractivity contribution in [1.82, 2.24) is 9.62 Å². The van der Waals surface area contributed by atoms with Gasteiger partial charge in [0.25, 0.3) is 5.91 Å². The second kappa shape index (κ2) is 9.18. The molecule has 0 spiro atoms. The summed E-state index contributed by atoms with van der Waals surface area (Å²) in [5, 5.41) is 2.91. The van der Waals surface area contributed by atoms with E-state index in [0.717, 1.165) is 20.5 Å². The molecule has 2 aromatic carbocycles. The maximum atomic E-state index is 12.6. The van der Waals surface area contributed by atoms with Crippen molar-refractivity contribution in [3.8, 4) is 5.75 Å². The van der Waals surface area contributed by atoms with Gasteiger partial charge in [0.15, 0.2) is 0 Å². The summed E-state index contributed by atoms with van der Waals surface area (Å²) in [6.45, 7) is 0.381. The maximum Gasteiger partial charge on any atom is 0.251 e. The van der Waals surface area contributed by atoms with Crippen LogP contribution in [0, 0.1) is 0 Å². The van der Waals surface area contributed by atoms with E-state index in [2.05, 4.69) is 5.32 Å². The van der Waals surface area contributed by atoms with Crippen molar-refractivity contribution in [3.63, 3.8) is 0 Å². The number of rotatable bonds is 8. The molecule has 0 aliphatic carbocycles. The molecule has 0 radical (unpaired) electrons. The molecule has 8 heteroatoms. The zero-order valence-corrected chi connectivity index (χ0v) is 17.7. The highest BCUT2D eigenvalue weighted by molar-refractivity contribution is 7.89. The predicted molar refractivity (Wildman–Crippen MR) is 108 cm³/mol. The minimum absolute atomic E-state index is 0.0196. The molecule has 0 saturated carbocycles. The summed E-state index contributed by atoms with van der Waals surface area (Å²) in [7, 11) is 4.96. The molecule has 0 unspecified atom stereocenters.